The summed E-state index contributed by atoms with van der Waals surface area (Å²) in [7, 11) is -5.81. The Hall–Kier alpha value is -2.88. The van der Waals surface area contributed by atoms with Crippen LogP contribution in [-0.4, -0.2) is 12.6 Å². The maximum atomic E-state index is 12.9. The molecule has 30 heavy (non-hydrogen) atoms. The van der Waals surface area contributed by atoms with Gasteiger partial charge in [-0.2, -0.15) is 13.1 Å². The van der Waals surface area contributed by atoms with Gasteiger partial charge in [-0.3, -0.25) is 8.93 Å². The van der Waals surface area contributed by atoms with E-state index in [0.29, 0.717) is 15.7 Å². The van der Waals surface area contributed by atoms with Crippen LogP contribution in [0.2, 0.25) is 5.02 Å². The Balaban J connectivity index is 1.68. The highest BCUT2D eigenvalue weighted by molar-refractivity contribution is 7.92. The lowest BCUT2D eigenvalue weighted by atomic mass is 10.3. The first kappa shape index (κ1) is 20.4. The smallest absolute Gasteiger partial charge is 0.295 e. The van der Waals surface area contributed by atoms with Gasteiger partial charge in [0, 0.05) is 28.6 Å². The summed E-state index contributed by atoms with van der Waals surface area (Å²) in [5, 5.41) is 12.5. The summed E-state index contributed by atoms with van der Waals surface area (Å²) in [5.41, 5.74) is 0.767. The number of sulfonamides is 1. The standard InChI is InChI=1S/C20H15ClN2O5S2/c21-15-8-9-19(29(25)13-16-6-3-4-10-23(16)24)17(12-15)22-30(26,27)20-11-14-5-1-2-7-18(14)28-20/h1-12,22H,13H2. The van der Waals surface area contributed by atoms with Crippen molar-refractivity contribution in [2.75, 3.05) is 4.72 Å². The molecule has 0 saturated heterocycles. The Morgan fingerprint density at radius 2 is 1.83 bits per heavy atom. The van der Waals surface area contributed by atoms with Gasteiger partial charge in [-0.15, -0.1) is 0 Å². The third-order valence-corrected chi connectivity index (χ3v) is 7.14. The molecular formula is C20H15ClN2O5S2. The molecule has 154 valence electrons. The van der Waals surface area contributed by atoms with E-state index in [-0.39, 0.29) is 32.1 Å². The minimum atomic E-state index is -4.11. The zero-order valence-electron chi connectivity index (χ0n) is 15.3. The van der Waals surface area contributed by atoms with Crippen molar-refractivity contribution in [1.82, 2.24) is 0 Å². The molecule has 0 spiro atoms. The number of hydrogen-bond acceptors (Lipinski definition) is 5. The lowest BCUT2D eigenvalue weighted by Crippen LogP contribution is -2.31. The van der Waals surface area contributed by atoms with Crippen LogP contribution in [0.25, 0.3) is 11.0 Å². The topological polar surface area (TPSA) is 103 Å². The number of anilines is 1. The van der Waals surface area contributed by atoms with Crippen molar-refractivity contribution < 1.29 is 21.8 Å². The number of nitrogens with one attached hydrogen (secondary N) is 1. The van der Waals surface area contributed by atoms with Crippen LogP contribution in [-0.2, 0) is 26.6 Å². The summed E-state index contributed by atoms with van der Waals surface area (Å²) in [6, 6.07) is 17.4. The number of rotatable bonds is 6. The summed E-state index contributed by atoms with van der Waals surface area (Å²) in [6.07, 6.45) is 1.31. The number of benzene rings is 2. The predicted molar refractivity (Wildman–Crippen MR) is 114 cm³/mol. The molecule has 0 saturated carbocycles. The molecular weight excluding hydrogens is 448 g/mol. The normalized spacial score (nSPS) is 12.7. The van der Waals surface area contributed by atoms with Gasteiger partial charge in [0.2, 0.25) is 10.8 Å². The highest BCUT2D eigenvalue weighted by Gasteiger charge is 2.23. The fraction of sp³-hybridized carbons (Fsp3) is 0.0500. The lowest BCUT2D eigenvalue weighted by Gasteiger charge is -2.12. The van der Waals surface area contributed by atoms with Gasteiger partial charge in [-0.25, -0.2) is 0 Å². The van der Waals surface area contributed by atoms with E-state index in [1.165, 1.54) is 30.5 Å². The first-order chi connectivity index (χ1) is 14.3. The van der Waals surface area contributed by atoms with Gasteiger partial charge in [0.05, 0.1) is 21.4 Å². The molecule has 2 aromatic heterocycles. The molecule has 0 aliphatic heterocycles. The van der Waals surface area contributed by atoms with Crippen molar-refractivity contribution in [3.05, 3.63) is 88.9 Å². The maximum Gasteiger partial charge on any atom is 0.295 e. The molecule has 2 aromatic carbocycles. The monoisotopic (exact) mass is 462 g/mol. The molecule has 1 atom stereocenters. The number of para-hydroxylation sites is 1. The Kier molecular flexibility index (Phi) is 5.50. The summed E-state index contributed by atoms with van der Waals surface area (Å²) in [6.45, 7) is 0. The molecule has 10 heteroatoms. The molecule has 0 fully saturated rings. The lowest BCUT2D eigenvalue weighted by molar-refractivity contribution is -0.612. The minimum Gasteiger partial charge on any atom is -0.618 e. The van der Waals surface area contributed by atoms with E-state index in [2.05, 4.69) is 4.72 Å². The van der Waals surface area contributed by atoms with E-state index in [1.54, 1.807) is 42.5 Å². The van der Waals surface area contributed by atoms with Gasteiger partial charge in [0.1, 0.15) is 11.3 Å². The molecule has 4 rings (SSSR count). The highest BCUT2D eigenvalue weighted by Crippen LogP contribution is 2.29. The van der Waals surface area contributed by atoms with E-state index in [4.69, 9.17) is 16.0 Å². The van der Waals surface area contributed by atoms with E-state index >= 15 is 0 Å². The number of pyridine rings is 1. The van der Waals surface area contributed by atoms with Crippen LogP contribution >= 0.6 is 11.6 Å². The van der Waals surface area contributed by atoms with E-state index in [9.17, 15) is 17.8 Å². The number of furan rings is 1. The molecule has 0 bridgehead atoms. The molecule has 0 radical (unpaired) electrons. The van der Waals surface area contributed by atoms with Gasteiger partial charge in [-0.05, 0) is 30.3 Å². The van der Waals surface area contributed by atoms with E-state index in [0.717, 1.165) is 0 Å². The maximum absolute atomic E-state index is 12.9. The van der Waals surface area contributed by atoms with Crippen LogP contribution in [0.15, 0.2) is 87.3 Å². The van der Waals surface area contributed by atoms with E-state index < -0.39 is 20.8 Å². The van der Waals surface area contributed by atoms with Crippen LogP contribution in [0.3, 0.4) is 0 Å². The summed E-state index contributed by atoms with van der Waals surface area (Å²) < 4.78 is 47.1. The second-order valence-electron chi connectivity index (χ2n) is 6.36. The first-order valence-electron chi connectivity index (χ1n) is 8.70. The van der Waals surface area contributed by atoms with Crippen molar-refractivity contribution in [3.8, 4) is 0 Å². The third kappa shape index (κ3) is 4.18. The minimum absolute atomic E-state index is 0.0506. The fourth-order valence-electron chi connectivity index (χ4n) is 2.85. The van der Waals surface area contributed by atoms with Crippen LogP contribution < -0.4 is 9.45 Å². The quantitative estimate of drug-likeness (QED) is 0.346. The third-order valence-electron chi connectivity index (χ3n) is 4.28. The SMILES string of the molecule is O=S(Cc1cccc[n+]1[O-])c1ccc(Cl)cc1NS(=O)(=O)c1cc2ccccc2o1. The van der Waals surface area contributed by atoms with Gasteiger partial charge in [0.25, 0.3) is 10.0 Å². The number of fused-ring (bicyclic) bond motifs is 1. The molecule has 2 heterocycles. The molecule has 4 aromatic rings. The van der Waals surface area contributed by atoms with Crippen molar-refractivity contribution in [1.29, 1.82) is 0 Å². The zero-order valence-corrected chi connectivity index (χ0v) is 17.7. The van der Waals surface area contributed by atoms with Gasteiger partial charge >= 0.3 is 0 Å². The first-order valence-corrected chi connectivity index (χ1v) is 11.9. The van der Waals surface area contributed by atoms with Gasteiger partial charge < -0.3 is 9.62 Å². The Morgan fingerprint density at radius 3 is 2.60 bits per heavy atom. The average Bonchev–Trinajstić information content (AvgIpc) is 3.15. The molecule has 1 N–H and O–H groups in total. The van der Waals surface area contributed by atoms with Gasteiger partial charge in [0.15, 0.2) is 6.20 Å². The highest BCUT2D eigenvalue weighted by atomic mass is 35.5. The summed E-state index contributed by atoms with van der Waals surface area (Å²) >= 11 is 6.03. The Labute approximate surface area is 180 Å². The van der Waals surface area contributed by atoms with Crippen LogP contribution in [0, 0.1) is 5.21 Å². The zero-order chi connectivity index (χ0) is 21.3. The van der Waals surface area contributed by atoms with Crippen LogP contribution in [0.1, 0.15) is 5.69 Å². The molecule has 7 nitrogen and oxygen atoms in total. The van der Waals surface area contributed by atoms with Crippen LogP contribution in [0.4, 0.5) is 5.69 Å². The predicted octanol–water partition coefficient (Wildman–Crippen LogP) is 3.83. The Bertz CT molecular complexity index is 1340. The summed E-state index contributed by atoms with van der Waals surface area (Å²) in [5.74, 6) is -0.0919. The molecule has 0 amide bonds. The summed E-state index contributed by atoms with van der Waals surface area (Å²) in [4.78, 5) is 0.197. The van der Waals surface area contributed by atoms with Gasteiger partial charge in [-0.1, -0.05) is 29.8 Å². The molecule has 1 unspecified atom stereocenters. The number of hydrogen-bond donors (Lipinski definition) is 1. The fourth-order valence-corrected chi connectivity index (χ4v) is 5.35. The van der Waals surface area contributed by atoms with Crippen molar-refractivity contribution >= 4 is 49.1 Å². The van der Waals surface area contributed by atoms with E-state index in [1.807, 2.05) is 0 Å². The van der Waals surface area contributed by atoms with Crippen molar-refractivity contribution in [3.63, 3.8) is 0 Å². The second-order valence-corrected chi connectivity index (χ2v) is 9.83. The second kappa shape index (κ2) is 8.10. The number of halogens is 1. The number of nitrogens with zero attached hydrogens (tertiary/aromatic N) is 1. The van der Waals surface area contributed by atoms with Crippen molar-refractivity contribution in [2.45, 2.75) is 15.7 Å². The largest absolute Gasteiger partial charge is 0.618 e. The molecule has 0 aliphatic carbocycles. The Morgan fingerprint density at radius 1 is 1.07 bits per heavy atom. The number of aromatic nitrogens is 1. The van der Waals surface area contributed by atoms with Crippen LogP contribution in [0.5, 0.6) is 0 Å². The molecule has 0 aliphatic rings. The van der Waals surface area contributed by atoms with Crippen molar-refractivity contribution in [2.24, 2.45) is 0 Å². The average molecular weight is 463 g/mol.